The molecular formula is C28H17Cl2F3NO5-. The van der Waals surface area contributed by atoms with E-state index in [1.807, 2.05) is 0 Å². The quantitative estimate of drug-likeness (QED) is 0.223. The number of rotatable bonds is 6. The lowest BCUT2D eigenvalue weighted by molar-refractivity contribution is -0.297. The summed E-state index contributed by atoms with van der Waals surface area (Å²) >= 11 is 11.9. The van der Waals surface area contributed by atoms with Crippen molar-refractivity contribution < 1.29 is 32.3 Å². The molecule has 0 radical (unpaired) electrons. The fourth-order valence-electron chi connectivity index (χ4n) is 4.04. The first kappa shape index (κ1) is 27.9. The molecule has 1 amide bonds. The van der Waals surface area contributed by atoms with Gasteiger partial charge in [0.05, 0.1) is 29.2 Å². The van der Waals surface area contributed by atoms with E-state index in [1.54, 1.807) is 37.3 Å². The first-order chi connectivity index (χ1) is 18.3. The van der Waals surface area contributed by atoms with Crippen LogP contribution in [0.2, 0.25) is 10.0 Å². The average Bonchev–Trinajstić information content (AvgIpc) is 2.85. The number of fused-ring (bicyclic) bond motifs is 1. The number of benzene rings is 3. The molecule has 0 aliphatic rings. The molecule has 39 heavy (non-hydrogen) atoms. The third-order valence-electron chi connectivity index (χ3n) is 5.77. The van der Waals surface area contributed by atoms with Crippen LogP contribution in [0, 0.1) is 6.92 Å². The van der Waals surface area contributed by atoms with Crippen molar-refractivity contribution in [3.63, 3.8) is 0 Å². The zero-order valence-corrected chi connectivity index (χ0v) is 21.5. The highest BCUT2D eigenvalue weighted by atomic mass is 35.5. The van der Waals surface area contributed by atoms with Gasteiger partial charge < -0.3 is 19.6 Å². The van der Waals surface area contributed by atoms with Crippen LogP contribution in [0.15, 0.2) is 69.9 Å². The molecular weight excluding hydrogens is 558 g/mol. The second-order valence-electron chi connectivity index (χ2n) is 8.53. The van der Waals surface area contributed by atoms with Gasteiger partial charge in [0.25, 0.3) is 0 Å². The van der Waals surface area contributed by atoms with E-state index in [2.05, 4.69) is 5.32 Å². The second kappa shape index (κ2) is 11.0. The number of carbonyl (C=O) groups excluding carboxylic acids is 2. The molecule has 0 fully saturated rings. The Hall–Kier alpha value is -4.08. The number of amides is 1. The summed E-state index contributed by atoms with van der Waals surface area (Å²) in [6.45, 7) is 1.72. The van der Waals surface area contributed by atoms with Crippen molar-refractivity contribution in [1.82, 2.24) is 0 Å². The van der Waals surface area contributed by atoms with Crippen LogP contribution in [0.5, 0.6) is 0 Å². The number of nitrogens with one attached hydrogen (secondary N) is 1. The van der Waals surface area contributed by atoms with E-state index in [1.165, 1.54) is 18.2 Å². The number of aryl methyl sites for hydroxylation is 1. The summed E-state index contributed by atoms with van der Waals surface area (Å²) in [6, 6.07) is 12.4. The summed E-state index contributed by atoms with van der Waals surface area (Å²) < 4.78 is 46.0. The predicted octanol–water partition coefficient (Wildman–Crippen LogP) is 6.04. The molecule has 4 aromatic rings. The van der Waals surface area contributed by atoms with Gasteiger partial charge in [0.15, 0.2) is 0 Å². The van der Waals surface area contributed by atoms with Gasteiger partial charge in [-0.05, 0) is 60.0 Å². The highest BCUT2D eigenvalue weighted by Crippen LogP contribution is 2.37. The highest BCUT2D eigenvalue weighted by Gasteiger charge is 2.34. The van der Waals surface area contributed by atoms with Crippen LogP contribution in [0.3, 0.4) is 0 Å². The van der Waals surface area contributed by atoms with Crippen LogP contribution < -0.4 is 16.0 Å². The van der Waals surface area contributed by atoms with Crippen LogP contribution in [-0.2, 0) is 22.2 Å². The van der Waals surface area contributed by atoms with Gasteiger partial charge in [-0.25, -0.2) is 4.79 Å². The summed E-state index contributed by atoms with van der Waals surface area (Å²) in [4.78, 5) is 36.9. The van der Waals surface area contributed by atoms with Gasteiger partial charge >= 0.3 is 11.8 Å². The number of hydrogen-bond donors (Lipinski definition) is 1. The first-order valence-electron chi connectivity index (χ1n) is 11.3. The van der Waals surface area contributed by atoms with E-state index >= 15 is 0 Å². The maximum absolute atomic E-state index is 13.5. The van der Waals surface area contributed by atoms with Crippen molar-refractivity contribution in [2.24, 2.45) is 0 Å². The van der Waals surface area contributed by atoms with Crippen LogP contribution >= 0.6 is 23.2 Å². The highest BCUT2D eigenvalue weighted by molar-refractivity contribution is 6.32. The maximum atomic E-state index is 13.5. The molecule has 1 N–H and O–H groups in total. The second-order valence-corrected chi connectivity index (χ2v) is 9.37. The van der Waals surface area contributed by atoms with E-state index in [9.17, 15) is 32.7 Å². The normalized spacial score (nSPS) is 11.7. The van der Waals surface area contributed by atoms with Gasteiger partial charge in [-0.15, -0.1) is 0 Å². The molecule has 0 bridgehead atoms. The van der Waals surface area contributed by atoms with Gasteiger partial charge in [0.2, 0.25) is 5.91 Å². The van der Waals surface area contributed by atoms with Gasteiger partial charge in [-0.3, -0.25) is 4.79 Å². The molecule has 1 aromatic heterocycles. The molecule has 0 aliphatic carbocycles. The summed E-state index contributed by atoms with van der Waals surface area (Å²) in [5.74, 6) is -2.32. The minimum atomic E-state index is -4.79. The fourth-order valence-corrected chi connectivity index (χ4v) is 4.36. The molecule has 0 saturated heterocycles. The fraction of sp³-hybridized carbons (Fsp3) is 0.107. The Labute approximate surface area is 229 Å². The summed E-state index contributed by atoms with van der Waals surface area (Å²) in [6.07, 6.45) is -3.30. The Kier molecular flexibility index (Phi) is 7.85. The van der Waals surface area contributed by atoms with Crippen molar-refractivity contribution in [1.29, 1.82) is 0 Å². The first-order valence-corrected chi connectivity index (χ1v) is 12.0. The lowest BCUT2D eigenvalue weighted by Gasteiger charge is -2.16. The summed E-state index contributed by atoms with van der Waals surface area (Å²) in [5, 5.41) is 13.6. The lowest BCUT2D eigenvalue weighted by Crippen LogP contribution is -2.22. The SMILES string of the molecule is Cc1cc2c(-c3cccc(/C=C/C(=O)[O-])c3)c(CC(=O)Nc3ccc(Cl)cc3C(F)(F)F)c(=O)oc2cc1Cl. The summed E-state index contributed by atoms with van der Waals surface area (Å²) in [5.41, 5.74) is -0.753. The number of alkyl halides is 3. The Morgan fingerprint density at radius 2 is 1.82 bits per heavy atom. The van der Waals surface area contributed by atoms with Crippen LogP contribution in [0.1, 0.15) is 22.3 Å². The maximum Gasteiger partial charge on any atom is 0.418 e. The molecule has 11 heteroatoms. The molecule has 3 aromatic carbocycles. The molecule has 200 valence electrons. The molecule has 4 rings (SSSR count). The molecule has 0 unspecified atom stereocenters. The molecule has 0 saturated carbocycles. The van der Waals surface area contributed by atoms with Crippen molar-refractivity contribution in [2.45, 2.75) is 19.5 Å². The topological polar surface area (TPSA) is 99.4 Å². The van der Waals surface area contributed by atoms with Crippen molar-refractivity contribution in [3.8, 4) is 11.1 Å². The third-order valence-corrected chi connectivity index (χ3v) is 6.41. The van der Waals surface area contributed by atoms with Crippen molar-refractivity contribution in [3.05, 3.63) is 103 Å². The van der Waals surface area contributed by atoms with E-state index in [-0.39, 0.29) is 21.7 Å². The van der Waals surface area contributed by atoms with E-state index < -0.39 is 41.4 Å². The van der Waals surface area contributed by atoms with Gasteiger partial charge in [-0.2, -0.15) is 13.2 Å². The number of carboxylic acid groups (broad SMARTS) is 1. The number of anilines is 1. The van der Waals surface area contributed by atoms with E-state index in [0.29, 0.717) is 33.2 Å². The lowest BCUT2D eigenvalue weighted by atomic mass is 9.93. The Bertz CT molecular complexity index is 1710. The van der Waals surface area contributed by atoms with Gasteiger partial charge in [-0.1, -0.05) is 47.5 Å². The molecule has 0 spiro atoms. The number of halogens is 5. The number of aliphatic carboxylic acids is 1. The minimum Gasteiger partial charge on any atom is -0.545 e. The minimum absolute atomic E-state index is 0.120. The Balaban J connectivity index is 1.85. The predicted molar refractivity (Wildman–Crippen MR) is 140 cm³/mol. The van der Waals surface area contributed by atoms with Crippen LogP contribution in [0.4, 0.5) is 18.9 Å². The van der Waals surface area contributed by atoms with Crippen molar-refractivity contribution in [2.75, 3.05) is 5.32 Å². The Morgan fingerprint density at radius 3 is 2.51 bits per heavy atom. The monoisotopic (exact) mass is 574 g/mol. The number of carbonyl (C=O) groups is 2. The molecule has 0 atom stereocenters. The molecule has 0 aliphatic heterocycles. The van der Waals surface area contributed by atoms with Gasteiger partial charge in [0.1, 0.15) is 5.58 Å². The summed E-state index contributed by atoms with van der Waals surface area (Å²) in [7, 11) is 0. The van der Waals surface area contributed by atoms with Gasteiger partial charge in [0, 0.05) is 27.1 Å². The average molecular weight is 575 g/mol. The number of hydrogen-bond acceptors (Lipinski definition) is 5. The van der Waals surface area contributed by atoms with Crippen LogP contribution in [0.25, 0.3) is 28.2 Å². The zero-order chi connectivity index (χ0) is 28.5. The smallest absolute Gasteiger partial charge is 0.418 e. The number of carboxylic acids is 1. The largest absolute Gasteiger partial charge is 0.545 e. The van der Waals surface area contributed by atoms with E-state index in [4.69, 9.17) is 27.6 Å². The van der Waals surface area contributed by atoms with E-state index in [0.717, 1.165) is 12.1 Å². The van der Waals surface area contributed by atoms with Crippen LogP contribution in [-0.4, -0.2) is 11.9 Å². The standard InChI is InChI=1S/C28H18Cl2F3NO5/c1-14-9-18-23(13-21(14)30)39-27(38)19(26(18)16-4-2-3-15(10-16)5-8-25(36)37)12-24(35)34-22-7-6-17(29)11-20(22)28(31,32)33/h2-11,13H,12H2,1H3,(H,34,35)(H,36,37)/p-1/b8-5+. The molecule has 1 heterocycles. The molecule has 6 nitrogen and oxygen atoms in total. The zero-order valence-electron chi connectivity index (χ0n) is 20.0. The van der Waals surface area contributed by atoms with Crippen molar-refractivity contribution >= 4 is 57.8 Å². The Morgan fingerprint density at radius 1 is 1.08 bits per heavy atom. The third kappa shape index (κ3) is 6.32.